The van der Waals surface area contributed by atoms with Crippen LogP contribution in [0.4, 0.5) is 0 Å². The third kappa shape index (κ3) is 3.75. The molecule has 6 rings (SSSR count). The van der Waals surface area contributed by atoms with Crippen LogP contribution < -0.4 is 9.47 Å². The van der Waals surface area contributed by atoms with E-state index in [1.165, 1.54) is 0 Å². The van der Waals surface area contributed by atoms with E-state index in [4.69, 9.17) is 18.9 Å². The van der Waals surface area contributed by atoms with Crippen LogP contribution >= 0.6 is 11.3 Å². The van der Waals surface area contributed by atoms with Crippen molar-refractivity contribution in [2.24, 2.45) is 0 Å². The fourth-order valence-corrected chi connectivity index (χ4v) is 4.51. The van der Waals surface area contributed by atoms with Gasteiger partial charge in [-0.05, 0) is 37.3 Å². The van der Waals surface area contributed by atoms with E-state index in [0.29, 0.717) is 35.1 Å². The van der Waals surface area contributed by atoms with Gasteiger partial charge in [-0.2, -0.15) is 5.10 Å². The van der Waals surface area contributed by atoms with Crippen LogP contribution in [0.2, 0.25) is 0 Å². The molecular weight excluding hydrogens is 450 g/mol. The fourth-order valence-electron chi connectivity index (χ4n) is 3.69. The lowest BCUT2D eigenvalue weighted by atomic mass is 10.2. The van der Waals surface area contributed by atoms with Gasteiger partial charge in [-0.1, -0.05) is 0 Å². The average Bonchev–Trinajstić information content (AvgIpc) is 3.60. The number of fused-ring (bicyclic) bond motifs is 2. The zero-order chi connectivity index (χ0) is 23.1. The van der Waals surface area contributed by atoms with Gasteiger partial charge in [0.15, 0.2) is 11.4 Å². The summed E-state index contributed by atoms with van der Waals surface area (Å²) >= 11 is 1.57. The predicted octanol–water partition coefficient (Wildman–Crippen LogP) is 5.56. The highest BCUT2D eigenvalue weighted by Crippen LogP contribution is 2.37. The average molecular weight is 470 g/mol. The Morgan fingerprint density at radius 3 is 2.79 bits per heavy atom. The van der Waals surface area contributed by atoms with E-state index in [1.54, 1.807) is 35.4 Å². The van der Waals surface area contributed by atoms with Crippen molar-refractivity contribution in [3.8, 4) is 33.5 Å². The Balaban J connectivity index is 1.32. The molecule has 5 aromatic heterocycles. The zero-order valence-corrected chi connectivity index (χ0v) is 19.2. The van der Waals surface area contributed by atoms with Crippen molar-refractivity contribution in [2.45, 2.75) is 13.5 Å². The predicted molar refractivity (Wildman–Crippen MR) is 129 cm³/mol. The molecule has 0 N–H and O–H groups in total. The molecule has 5 heterocycles. The molecule has 0 fully saturated rings. The summed E-state index contributed by atoms with van der Waals surface area (Å²) in [6, 6.07) is 13.4. The summed E-state index contributed by atoms with van der Waals surface area (Å²) in [5.74, 6) is 1.93. The van der Waals surface area contributed by atoms with Crippen LogP contribution in [0.3, 0.4) is 0 Å². The summed E-state index contributed by atoms with van der Waals surface area (Å²) in [7, 11) is 1.62. The SMILES string of the molecule is COc1cc(OCc2csc(-c3ccncc3)n2)c2cc(-c3cn4nc(C)ccc4n3)oc2c1. The van der Waals surface area contributed by atoms with E-state index in [2.05, 4.69) is 15.1 Å². The third-order valence-corrected chi connectivity index (χ3v) is 6.31. The van der Waals surface area contributed by atoms with Crippen LogP contribution in [0, 0.1) is 6.92 Å². The van der Waals surface area contributed by atoms with Crippen LogP contribution in [0.25, 0.3) is 38.6 Å². The molecule has 0 aliphatic rings. The number of rotatable bonds is 6. The molecule has 8 nitrogen and oxygen atoms in total. The minimum Gasteiger partial charge on any atom is -0.496 e. The molecule has 0 bridgehead atoms. The number of furan rings is 1. The molecule has 1 aromatic carbocycles. The Hall–Kier alpha value is -4.24. The van der Waals surface area contributed by atoms with Crippen molar-refractivity contribution in [3.63, 3.8) is 0 Å². The highest BCUT2D eigenvalue weighted by molar-refractivity contribution is 7.13. The molecule has 34 heavy (non-hydrogen) atoms. The molecular formula is C25H19N5O3S. The Morgan fingerprint density at radius 1 is 1.06 bits per heavy atom. The molecule has 0 saturated carbocycles. The lowest BCUT2D eigenvalue weighted by molar-refractivity contribution is 0.303. The molecule has 0 unspecified atom stereocenters. The second-order valence-corrected chi connectivity index (χ2v) is 8.58. The maximum atomic E-state index is 6.17. The highest BCUT2D eigenvalue weighted by Gasteiger charge is 2.16. The zero-order valence-electron chi connectivity index (χ0n) is 18.4. The minimum absolute atomic E-state index is 0.321. The number of pyridine rings is 1. The Morgan fingerprint density at radius 2 is 1.94 bits per heavy atom. The van der Waals surface area contributed by atoms with Gasteiger partial charge < -0.3 is 13.9 Å². The molecule has 6 aromatic rings. The van der Waals surface area contributed by atoms with Crippen molar-refractivity contribution < 1.29 is 13.9 Å². The van der Waals surface area contributed by atoms with E-state index in [1.807, 2.05) is 61.0 Å². The number of hydrogen-bond donors (Lipinski definition) is 0. The largest absolute Gasteiger partial charge is 0.496 e. The molecule has 0 aliphatic heterocycles. The monoisotopic (exact) mass is 469 g/mol. The molecule has 0 aliphatic carbocycles. The van der Waals surface area contributed by atoms with Gasteiger partial charge in [0.1, 0.15) is 34.4 Å². The van der Waals surface area contributed by atoms with Crippen LogP contribution in [0.5, 0.6) is 11.5 Å². The van der Waals surface area contributed by atoms with Gasteiger partial charge in [-0.25, -0.2) is 14.5 Å². The first-order chi connectivity index (χ1) is 16.7. The van der Waals surface area contributed by atoms with Crippen LogP contribution in [-0.4, -0.2) is 31.7 Å². The number of thiazole rings is 1. The van der Waals surface area contributed by atoms with Crippen molar-refractivity contribution >= 4 is 28.0 Å². The Labute approximate surface area is 198 Å². The molecule has 0 atom stereocenters. The van der Waals surface area contributed by atoms with Gasteiger partial charge >= 0.3 is 0 Å². The standard InChI is InChI=1S/C25H19N5O3S/c1-15-3-4-24-28-20(12-30(24)29-15)23-11-19-21(9-18(31-2)10-22(19)33-23)32-13-17-14-34-25(27-17)16-5-7-26-8-6-16/h3-12,14H,13H2,1-2H3. The van der Waals surface area contributed by atoms with Crippen LogP contribution in [-0.2, 0) is 6.61 Å². The van der Waals surface area contributed by atoms with Gasteiger partial charge in [-0.15, -0.1) is 11.3 Å². The number of aryl methyl sites for hydroxylation is 1. The van der Waals surface area contributed by atoms with E-state index in [0.717, 1.165) is 33.0 Å². The first-order valence-corrected chi connectivity index (χ1v) is 11.5. The lowest BCUT2D eigenvalue weighted by Gasteiger charge is -2.07. The minimum atomic E-state index is 0.321. The van der Waals surface area contributed by atoms with E-state index in [-0.39, 0.29) is 0 Å². The molecule has 0 spiro atoms. The highest BCUT2D eigenvalue weighted by atomic mass is 32.1. The van der Waals surface area contributed by atoms with Gasteiger partial charge in [-0.3, -0.25) is 4.98 Å². The number of methoxy groups -OCH3 is 1. The summed E-state index contributed by atoms with van der Waals surface area (Å²) in [6.45, 7) is 2.26. The number of nitrogens with zero attached hydrogens (tertiary/aromatic N) is 5. The summed E-state index contributed by atoms with van der Waals surface area (Å²) in [6.07, 6.45) is 5.38. The topological polar surface area (TPSA) is 87.6 Å². The quantitative estimate of drug-likeness (QED) is 0.316. The maximum Gasteiger partial charge on any atom is 0.155 e. The first-order valence-electron chi connectivity index (χ1n) is 10.6. The van der Waals surface area contributed by atoms with Crippen molar-refractivity contribution in [2.75, 3.05) is 7.11 Å². The molecule has 0 radical (unpaired) electrons. The molecule has 0 saturated heterocycles. The number of hydrogen-bond acceptors (Lipinski definition) is 8. The van der Waals surface area contributed by atoms with Crippen molar-refractivity contribution in [3.05, 3.63) is 77.8 Å². The number of benzene rings is 1. The normalized spacial score (nSPS) is 11.4. The third-order valence-electron chi connectivity index (χ3n) is 5.37. The summed E-state index contributed by atoms with van der Waals surface area (Å²) in [5.41, 5.74) is 4.89. The van der Waals surface area contributed by atoms with E-state index >= 15 is 0 Å². The van der Waals surface area contributed by atoms with Gasteiger partial charge in [0.2, 0.25) is 0 Å². The molecule has 168 valence electrons. The van der Waals surface area contributed by atoms with Gasteiger partial charge in [0, 0.05) is 35.5 Å². The maximum absolute atomic E-state index is 6.17. The number of ether oxygens (including phenoxy) is 2. The Kier molecular flexibility index (Phi) is 4.96. The number of aromatic nitrogens is 5. The number of imidazole rings is 1. The van der Waals surface area contributed by atoms with Gasteiger partial charge in [0.05, 0.1) is 30.1 Å². The summed E-state index contributed by atoms with van der Waals surface area (Å²) < 4.78 is 19.5. The van der Waals surface area contributed by atoms with Crippen molar-refractivity contribution in [1.82, 2.24) is 24.6 Å². The molecule has 9 heteroatoms. The molecule has 0 amide bonds. The summed E-state index contributed by atoms with van der Waals surface area (Å²) in [4.78, 5) is 13.4. The Bertz CT molecular complexity index is 1620. The fraction of sp³-hybridized carbons (Fsp3) is 0.120. The van der Waals surface area contributed by atoms with Gasteiger partial charge in [0.25, 0.3) is 0 Å². The second kappa shape index (κ2) is 8.27. The first kappa shape index (κ1) is 20.4. The lowest BCUT2D eigenvalue weighted by Crippen LogP contribution is -1.97. The second-order valence-electron chi connectivity index (χ2n) is 7.72. The van der Waals surface area contributed by atoms with Crippen LogP contribution in [0.15, 0.2) is 70.9 Å². The van der Waals surface area contributed by atoms with Crippen molar-refractivity contribution in [1.29, 1.82) is 0 Å². The van der Waals surface area contributed by atoms with E-state index in [9.17, 15) is 0 Å². The van der Waals surface area contributed by atoms with E-state index < -0.39 is 0 Å². The summed E-state index contributed by atoms with van der Waals surface area (Å²) in [5, 5.41) is 8.23. The van der Waals surface area contributed by atoms with Crippen LogP contribution in [0.1, 0.15) is 11.4 Å². The smallest absolute Gasteiger partial charge is 0.155 e.